The van der Waals surface area contributed by atoms with Crippen LogP contribution in [-0.4, -0.2) is 6.54 Å². The van der Waals surface area contributed by atoms with Gasteiger partial charge >= 0.3 is 0 Å². The lowest BCUT2D eigenvalue weighted by atomic mass is 9.97. The zero-order valence-electron chi connectivity index (χ0n) is 11.6. The normalized spacial score (nSPS) is 12.9. The minimum atomic E-state index is 0.870. The predicted molar refractivity (Wildman–Crippen MR) is 74.7 cm³/mol. The predicted octanol–water partition coefficient (Wildman–Crippen LogP) is 4.89. The van der Waals surface area contributed by atoms with Crippen LogP contribution in [0.4, 0.5) is 0 Å². The first-order valence-corrected chi connectivity index (χ1v) is 7.51. The Bertz CT molecular complexity index is 123. The Morgan fingerprint density at radius 1 is 0.750 bits per heavy atom. The van der Waals surface area contributed by atoms with E-state index in [1.807, 2.05) is 0 Å². The highest BCUT2D eigenvalue weighted by atomic mass is 14.5. The fourth-order valence-corrected chi connectivity index (χ4v) is 2.22. The fraction of sp³-hybridized carbons (Fsp3) is 1.00. The zero-order chi connectivity index (χ0) is 12.1. The second-order valence-electron chi connectivity index (χ2n) is 5.30. The molecule has 1 nitrogen and oxygen atoms in total. The molecule has 0 heterocycles. The summed E-state index contributed by atoms with van der Waals surface area (Å²) in [6.07, 6.45) is 15.3. The van der Waals surface area contributed by atoms with Crippen molar-refractivity contribution in [3.8, 4) is 0 Å². The molecule has 0 radical (unpaired) electrons. The van der Waals surface area contributed by atoms with Crippen LogP contribution in [0.25, 0.3) is 0 Å². The number of unbranched alkanes of at least 4 members (excludes halogenated alkanes) is 7. The van der Waals surface area contributed by atoms with Crippen molar-refractivity contribution in [2.75, 3.05) is 6.54 Å². The lowest BCUT2D eigenvalue weighted by Gasteiger charge is -2.09. The van der Waals surface area contributed by atoms with Crippen molar-refractivity contribution >= 4 is 0 Å². The molecule has 0 spiro atoms. The molecule has 0 aliphatic rings. The second kappa shape index (κ2) is 13.0. The largest absolute Gasteiger partial charge is 0.330 e. The number of nitrogens with two attached hydrogens (primary N) is 1. The molecule has 2 N–H and O–H groups in total. The topological polar surface area (TPSA) is 26.0 Å². The molecule has 0 bridgehead atoms. The molecule has 1 heteroatoms. The van der Waals surface area contributed by atoms with Crippen molar-refractivity contribution in [3.05, 3.63) is 0 Å². The summed E-state index contributed by atoms with van der Waals surface area (Å²) in [4.78, 5) is 0. The van der Waals surface area contributed by atoms with Gasteiger partial charge in [-0.25, -0.2) is 0 Å². The standard InChI is InChI=1S/C15H33N/c1-3-4-12-15(2)13-10-8-6-5-7-9-11-14-16/h15H,3-14,16H2,1-2H3. The van der Waals surface area contributed by atoms with E-state index in [-0.39, 0.29) is 0 Å². The van der Waals surface area contributed by atoms with Gasteiger partial charge in [0, 0.05) is 0 Å². The third-order valence-corrected chi connectivity index (χ3v) is 3.45. The van der Waals surface area contributed by atoms with E-state index >= 15 is 0 Å². The van der Waals surface area contributed by atoms with E-state index in [9.17, 15) is 0 Å². The summed E-state index contributed by atoms with van der Waals surface area (Å²) in [5.74, 6) is 0.956. The van der Waals surface area contributed by atoms with Gasteiger partial charge in [0.1, 0.15) is 0 Å². The van der Waals surface area contributed by atoms with Crippen LogP contribution in [-0.2, 0) is 0 Å². The van der Waals surface area contributed by atoms with Crippen LogP contribution < -0.4 is 5.73 Å². The van der Waals surface area contributed by atoms with Crippen LogP contribution >= 0.6 is 0 Å². The van der Waals surface area contributed by atoms with Gasteiger partial charge in [0.2, 0.25) is 0 Å². The SMILES string of the molecule is CCCCC(C)CCCCCCCCCN. The van der Waals surface area contributed by atoms with Crippen LogP contribution in [0.2, 0.25) is 0 Å². The van der Waals surface area contributed by atoms with Crippen molar-refractivity contribution in [2.45, 2.75) is 84.5 Å². The minimum Gasteiger partial charge on any atom is -0.330 e. The smallest absolute Gasteiger partial charge is 0.00773 e. The van der Waals surface area contributed by atoms with E-state index in [4.69, 9.17) is 5.73 Å². The number of hydrogen-bond donors (Lipinski definition) is 1. The van der Waals surface area contributed by atoms with Crippen LogP contribution in [0.1, 0.15) is 84.5 Å². The molecule has 16 heavy (non-hydrogen) atoms. The van der Waals surface area contributed by atoms with E-state index in [1.54, 1.807) is 0 Å². The first-order chi connectivity index (χ1) is 7.81. The highest BCUT2D eigenvalue weighted by Gasteiger charge is 2.00. The molecule has 0 aromatic rings. The first kappa shape index (κ1) is 16.0. The van der Waals surface area contributed by atoms with E-state index in [2.05, 4.69) is 13.8 Å². The first-order valence-electron chi connectivity index (χ1n) is 7.51. The molecule has 0 saturated heterocycles. The fourth-order valence-electron chi connectivity index (χ4n) is 2.22. The van der Waals surface area contributed by atoms with Gasteiger partial charge in [0.25, 0.3) is 0 Å². The summed E-state index contributed by atoms with van der Waals surface area (Å²) in [7, 11) is 0. The maximum absolute atomic E-state index is 5.46. The monoisotopic (exact) mass is 227 g/mol. The molecule has 1 atom stereocenters. The quantitative estimate of drug-likeness (QED) is 0.472. The second-order valence-corrected chi connectivity index (χ2v) is 5.30. The van der Waals surface area contributed by atoms with Crippen molar-refractivity contribution in [1.29, 1.82) is 0 Å². The molecule has 0 aromatic heterocycles. The van der Waals surface area contributed by atoms with Crippen molar-refractivity contribution in [3.63, 3.8) is 0 Å². The highest BCUT2D eigenvalue weighted by Crippen LogP contribution is 2.16. The average molecular weight is 227 g/mol. The van der Waals surface area contributed by atoms with Gasteiger partial charge in [-0.3, -0.25) is 0 Å². The molecule has 0 aromatic carbocycles. The summed E-state index contributed by atoms with van der Waals surface area (Å²) < 4.78 is 0. The maximum atomic E-state index is 5.46. The summed E-state index contributed by atoms with van der Waals surface area (Å²) in [6.45, 7) is 5.57. The minimum absolute atomic E-state index is 0.870. The van der Waals surface area contributed by atoms with Gasteiger partial charge in [0.15, 0.2) is 0 Å². The van der Waals surface area contributed by atoms with Gasteiger partial charge in [0.05, 0.1) is 0 Å². The Hall–Kier alpha value is -0.0400. The summed E-state index contributed by atoms with van der Waals surface area (Å²) in [5.41, 5.74) is 5.46. The Balaban J connectivity index is 3.02. The highest BCUT2D eigenvalue weighted by molar-refractivity contribution is 4.54. The van der Waals surface area contributed by atoms with Gasteiger partial charge in [-0.2, -0.15) is 0 Å². The van der Waals surface area contributed by atoms with E-state index in [1.165, 1.54) is 70.6 Å². The Kier molecular flexibility index (Phi) is 13.0. The molecule has 0 rings (SSSR count). The Labute approximate surface area is 103 Å². The maximum Gasteiger partial charge on any atom is -0.00773 e. The lowest BCUT2D eigenvalue weighted by molar-refractivity contribution is 0.441. The molecular formula is C15H33N. The van der Waals surface area contributed by atoms with Crippen LogP contribution in [0.5, 0.6) is 0 Å². The molecular weight excluding hydrogens is 194 g/mol. The molecule has 98 valence electrons. The summed E-state index contributed by atoms with van der Waals surface area (Å²) >= 11 is 0. The van der Waals surface area contributed by atoms with E-state index < -0.39 is 0 Å². The third-order valence-electron chi connectivity index (χ3n) is 3.45. The van der Waals surface area contributed by atoms with E-state index in [0.717, 1.165) is 12.5 Å². The van der Waals surface area contributed by atoms with Gasteiger partial charge < -0.3 is 5.73 Å². The molecule has 0 fully saturated rings. The summed E-state index contributed by atoms with van der Waals surface area (Å²) in [5, 5.41) is 0. The number of rotatable bonds is 12. The molecule has 0 saturated carbocycles. The lowest BCUT2D eigenvalue weighted by Crippen LogP contribution is -1.97. The van der Waals surface area contributed by atoms with Gasteiger partial charge in [-0.15, -0.1) is 0 Å². The van der Waals surface area contributed by atoms with Gasteiger partial charge in [-0.1, -0.05) is 78.1 Å². The van der Waals surface area contributed by atoms with Crippen molar-refractivity contribution in [2.24, 2.45) is 11.7 Å². The average Bonchev–Trinajstić information content (AvgIpc) is 2.30. The van der Waals surface area contributed by atoms with Crippen molar-refractivity contribution < 1.29 is 0 Å². The van der Waals surface area contributed by atoms with E-state index in [0.29, 0.717) is 0 Å². The molecule has 0 aliphatic heterocycles. The molecule has 1 unspecified atom stereocenters. The van der Waals surface area contributed by atoms with Crippen LogP contribution in [0.15, 0.2) is 0 Å². The Morgan fingerprint density at radius 2 is 1.25 bits per heavy atom. The zero-order valence-corrected chi connectivity index (χ0v) is 11.6. The molecule has 0 aliphatic carbocycles. The molecule has 0 amide bonds. The van der Waals surface area contributed by atoms with Crippen LogP contribution in [0, 0.1) is 5.92 Å². The van der Waals surface area contributed by atoms with Crippen molar-refractivity contribution in [1.82, 2.24) is 0 Å². The third kappa shape index (κ3) is 12.0. The Morgan fingerprint density at radius 3 is 1.81 bits per heavy atom. The van der Waals surface area contributed by atoms with Crippen LogP contribution in [0.3, 0.4) is 0 Å². The number of hydrogen-bond acceptors (Lipinski definition) is 1. The van der Waals surface area contributed by atoms with Gasteiger partial charge in [-0.05, 0) is 18.9 Å². The summed E-state index contributed by atoms with van der Waals surface area (Å²) in [6, 6.07) is 0.